The van der Waals surface area contributed by atoms with Crippen LogP contribution in [0.3, 0.4) is 0 Å². The number of halogens is 3. The van der Waals surface area contributed by atoms with Gasteiger partial charge in [-0.25, -0.2) is 0 Å². The van der Waals surface area contributed by atoms with E-state index in [9.17, 15) is 9.59 Å². The first-order valence-corrected chi connectivity index (χ1v) is 17.2. The van der Waals surface area contributed by atoms with E-state index in [1.54, 1.807) is 13.8 Å². The topological polar surface area (TPSA) is 52.6 Å². The van der Waals surface area contributed by atoms with Crippen molar-refractivity contribution in [1.29, 1.82) is 0 Å². The Hall–Kier alpha value is 0.609. The van der Waals surface area contributed by atoms with Crippen LogP contribution in [0.2, 0.25) is 3.93 Å². The summed E-state index contributed by atoms with van der Waals surface area (Å²) < 4.78 is 8.52. The second-order valence-corrected chi connectivity index (χ2v) is 23.8. The Balaban J connectivity index is 4.57. The molecule has 94 valence electrons. The number of hydrogen-bond donors (Lipinski definition) is 0. The van der Waals surface area contributed by atoms with Gasteiger partial charge in [-0.15, -0.1) is 0 Å². The first kappa shape index (κ1) is 16.6. The number of carbonyl (C=O) groups is 2. The molecule has 0 rings (SSSR count). The van der Waals surface area contributed by atoms with Gasteiger partial charge in [0, 0.05) is 0 Å². The molecule has 1 unspecified atom stereocenters. The van der Waals surface area contributed by atoms with Crippen molar-refractivity contribution in [3.63, 3.8) is 0 Å². The second-order valence-electron chi connectivity index (χ2n) is 2.86. The normalized spacial score (nSPS) is 13.1. The molecule has 1 atom stereocenters. The molecule has 4 nitrogen and oxygen atoms in total. The van der Waals surface area contributed by atoms with Crippen molar-refractivity contribution in [2.45, 2.75) is 24.2 Å². The summed E-state index contributed by atoms with van der Waals surface area (Å²) in [6.45, 7) is 3.72. The van der Waals surface area contributed by atoms with E-state index in [0.717, 1.165) is 0 Å². The maximum atomic E-state index is 11.5. The summed E-state index contributed by atoms with van der Waals surface area (Å²) in [6.07, 6.45) is -0.223. The molecule has 8 heteroatoms. The Morgan fingerprint density at radius 2 is 1.62 bits per heavy atom. The van der Waals surface area contributed by atoms with Crippen LogP contribution in [0.15, 0.2) is 0 Å². The van der Waals surface area contributed by atoms with Crippen molar-refractivity contribution < 1.29 is 19.1 Å². The van der Waals surface area contributed by atoms with Crippen LogP contribution in [0, 0.1) is 0 Å². The number of rotatable bonds is 6. The van der Waals surface area contributed by atoms with Crippen LogP contribution in [0.4, 0.5) is 0 Å². The third-order valence-electron chi connectivity index (χ3n) is 1.64. The summed E-state index contributed by atoms with van der Waals surface area (Å²) >= 11 is -4.08. The van der Waals surface area contributed by atoms with E-state index in [1.165, 1.54) is 0 Å². The maximum absolute atomic E-state index is 11.5. The van der Waals surface area contributed by atoms with Gasteiger partial charge in [0.05, 0.1) is 0 Å². The molecule has 0 amide bonds. The van der Waals surface area contributed by atoms with Crippen LogP contribution in [0.5, 0.6) is 0 Å². The first-order valence-electron chi connectivity index (χ1n) is 4.71. The van der Waals surface area contributed by atoms with Gasteiger partial charge >= 0.3 is 110 Å². The predicted octanol–water partition coefficient (Wildman–Crippen LogP) is 2.53. The number of carbonyl (C=O) groups excluding carboxylic acids is 2. The summed E-state index contributed by atoms with van der Waals surface area (Å²) in [5.74, 6) is -1.19. The van der Waals surface area contributed by atoms with E-state index in [2.05, 4.69) is 0 Å². The average molecular weight is 398 g/mol. The molecule has 0 radical (unpaired) electrons. The molecule has 0 saturated carbocycles. The number of hydrogen-bond acceptors (Lipinski definition) is 4. The van der Waals surface area contributed by atoms with E-state index >= 15 is 0 Å². The minimum absolute atomic E-state index is 0.185. The third-order valence-corrected chi connectivity index (χ3v) is 10.5. The molecule has 0 spiro atoms. The van der Waals surface area contributed by atoms with Crippen molar-refractivity contribution in [3.05, 3.63) is 0 Å². The molecular formula is C8H13Cl3O4Sn. The molecule has 0 bridgehead atoms. The molecule has 0 heterocycles. The van der Waals surface area contributed by atoms with Crippen LogP contribution in [-0.2, 0) is 19.1 Å². The zero-order chi connectivity index (χ0) is 12.8. The molecule has 0 aliphatic heterocycles. The van der Waals surface area contributed by atoms with E-state index in [4.69, 9.17) is 36.2 Å². The van der Waals surface area contributed by atoms with Gasteiger partial charge in [-0.3, -0.25) is 0 Å². The van der Waals surface area contributed by atoms with Crippen LogP contribution in [0.1, 0.15) is 20.3 Å². The first-order chi connectivity index (χ1) is 7.32. The van der Waals surface area contributed by atoms with Gasteiger partial charge in [0.1, 0.15) is 0 Å². The van der Waals surface area contributed by atoms with Gasteiger partial charge in [0.15, 0.2) is 0 Å². The van der Waals surface area contributed by atoms with Gasteiger partial charge in [-0.1, -0.05) is 0 Å². The van der Waals surface area contributed by atoms with Crippen LogP contribution >= 0.6 is 26.8 Å². The summed E-state index contributed by atoms with van der Waals surface area (Å²) in [6, 6.07) is 0. The van der Waals surface area contributed by atoms with Gasteiger partial charge in [0.25, 0.3) is 0 Å². The van der Waals surface area contributed by atoms with Crippen LogP contribution in [-0.4, -0.2) is 40.1 Å². The molecule has 0 fully saturated rings. The monoisotopic (exact) mass is 398 g/mol. The number of esters is 2. The predicted molar refractivity (Wildman–Crippen MR) is 64.9 cm³/mol. The van der Waals surface area contributed by atoms with Crippen molar-refractivity contribution in [3.8, 4) is 0 Å². The van der Waals surface area contributed by atoms with Crippen molar-refractivity contribution in [2.75, 3.05) is 13.2 Å². The molecule has 0 aromatic rings. The fraction of sp³-hybridized carbons (Fsp3) is 0.750. The second kappa shape index (κ2) is 7.84. The fourth-order valence-corrected chi connectivity index (χ4v) is 6.44. The van der Waals surface area contributed by atoms with Crippen LogP contribution in [0.25, 0.3) is 0 Å². The van der Waals surface area contributed by atoms with E-state index < -0.39 is 30.9 Å². The Morgan fingerprint density at radius 1 is 1.12 bits per heavy atom. The van der Waals surface area contributed by atoms with E-state index in [-0.39, 0.29) is 19.6 Å². The van der Waals surface area contributed by atoms with Crippen molar-refractivity contribution in [1.82, 2.24) is 0 Å². The van der Waals surface area contributed by atoms with Gasteiger partial charge in [-0.05, 0) is 0 Å². The van der Waals surface area contributed by atoms with Gasteiger partial charge < -0.3 is 0 Å². The molecular weight excluding hydrogens is 385 g/mol. The molecule has 0 aromatic heterocycles. The van der Waals surface area contributed by atoms with Crippen molar-refractivity contribution >= 4 is 53.7 Å². The Labute approximate surface area is 110 Å². The Kier molecular flexibility index (Phi) is 8.14. The molecule has 0 N–H and O–H groups in total. The molecule has 0 aromatic carbocycles. The fourth-order valence-electron chi connectivity index (χ4n) is 0.962. The zero-order valence-electron chi connectivity index (χ0n) is 8.97. The van der Waals surface area contributed by atoms with Crippen LogP contribution < -0.4 is 0 Å². The Bertz CT molecular complexity index is 254. The van der Waals surface area contributed by atoms with E-state index in [0.29, 0.717) is 0 Å². The molecule has 0 saturated heterocycles. The molecule has 16 heavy (non-hydrogen) atoms. The Morgan fingerprint density at radius 3 is 2.00 bits per heavy atom. The molecule has 0 aliphatic carbocycles. The van der Waals surface area contributed by atoms with Gasteiger partial charge in [-0.2, -0.15) is 0 Å². The summed E-state index contributed by atoms with van der Waals surface area (Å²) in [7, 11) is 17.4. The summed E-state index contributed by atoms with van der Waals surface area (Å²) in [5, 5.41) is 0. The van der Waals surface area contributed by atoms with Crippen molar-refractivity contribution in [2.24, 2.45) is 0 Å². The SMILES string of the molecule is CCOC(=O)C[CH](C(=O)OCC)[Sn]([Cl])([Cl])[Cl]. The third kappa shape index (κ3) is 6.37. The van der Waals surface area contributed by atoms with E-state index in [1.807, 2.05) is 0 Å². The minimum atomic E-state index is -4.08. The molecule has 0 aliphatic rings. The quantitative estimate of drug-likeness (QED) is 0.510. The number of ether oxygens (including phenoxy) is 2. The zero-order valence-corrected chi connectivity index (χ0v) is 14.1. The average Bonchev–Trinajstić information content (AvgIpc) is 2.13. The van der Waals surface area contributed by atoms with Gasteiger partial charge in [0.2, 0.25) is 0 Å². The standard InChI is InChI=1S/C8H13O4.3ClH.Sn/c1-3-11-7(9)5-6-8(10)12-4-2;;;;/h5H,3-4,6H2,1-2H3;3*1H;/q;;;;+3/p-3. The summed E-state index contributed by atoms with van der Waals surface area (Å²) in [4.78, 5) is 22.7. The summed E-state index contributed by atoms with van der Waals surface area (Å²) in [5.41, 5.74) is 0.